The van der Waals surface area contributed by atoms with Crippen LogP contribution in [0.25, 0.3) is 17.0 Å². The molecule has 1 aromatic carbocycles. The Hall–Kier alpha value is -2.45. The quantitative estimate of drug-likeness (QED) is 0.684. The van der Waals surface area contributed by atoms with Crippen LogP contribution in [0.4, 0.5) is 4.39 Å². The molecule has 3 rings (SSSR count). The van der Waals surface area contributed by atoms with E-state index < -0.39 is 5.82 Å². The van der Waals surface area contributed by atoms with Gasteiger partial charge in [-0.05, 0) is 24.3 Å². The molecular formula is C13H6ClFN4. The molecule has 2 heterocycles. The molecule has 4 nitrogen and oxygen atoms in total. The molecule has 0 saturated heterocycles. The zero-order valence-electron chi connectivity index (χ0n) is 9.51. The fourth-order valence-corrected chi connectivity index (χ4v) is 1.99. The lowest BCUT2D eigenvalue weighted by Crippen LogP contribution is -1.92. The third-order valence-electron chi connectivity index (χ3n) is 2.71. The van der Waals surface area contributed by atoms with Crippen molar-refractivity contribution in [3.63, 3.8) is 0 Å². The fraction of sp³-hybridized carbons (Fsp3) is 0. The van der Waals surface area contributed by atoms with Gasteiger partial charge >= 0.3 is 0 Å². The van der Waals surface area contributed by atoms with Gasteiger partial charge in [0.05, 0.1) is 17.2 Å². The minimum Gasteiger partial charge on any atom is -0.282 e. The molecule has 3 aromatic rings. The molecular weight excluding hydrogens is 267 g/mol. The molecule has 0 radical (unpaired) electrons. The van der Waals surface area contributed by atoms with E-state index in [9.17, 15) is 4.39 Å². The number of pyridine rings is 1. The van der Waals surface area contributed by atoms with Crippen molar-refractivity contribution >= 4 is 17.2 Å². The molecule has 0 spiro atoms. The van der Waals surface area contributed by atoms with Crippen LogP contribution >= 0.6 is 11.6 Å². The van der Waals surface area contributed by atoms with Crippen LogP contribution in [0.2, 0.25) is 5.02 Å². The first-order valence-electron chi connectivity index (χ1n) is 5.39. The Balaban J connectivity index is 2.26. The van der Waals surface area contributed by atoms with Crippen LogP contribution in [0.1, 0.15) is 5.56 Å². The number of halogens is 2. The highest BCUT2D eigenvalue weighted by atomic mass is 35.5. The molecule has 92 valence electrons. The highest BCUT2D eigenvalue weighted by molar-refractivity contribution is 6.30. The van der Waals surface area contributed by atoms with Crippen molar-refractivity contribution in [3.8, 4) is 17.5 Å². The second-order valence-electron chi connectivity index (χ2n) is 3.90. The Morgan fingerprint density at radius 1 is 1.21 bits per heavy atom. The zero-order valence-corrected chi connectivity index (χ0v) is 10.3. The first-order valence-corrected chi connectivity index (χ1v) is 5.77. The number of nitrogens with zero attached hydrogens (tertiary/aromatic N) is 4. The Morgan fingerprint density at radius 2 is 2.05 bits per heavy atom. The van der Waals surface area contributed by atoms with Crippen LogP contribution < -0.4 is 0 Å². The van der Waals surface area contributed by atoms with Crippen LogP contribution in [0.15, 0.2) is 36.5 Å². The number of nitriles is 1. The highest BCUT2D eigenvalue weighted by Gasteiger charge is 2.13. The van der Waals surface area contributed by atoms with E-state index in [1.165, 1.54) is 18.2 Å². The van der Waals surface area contributed by atoms with Crippen LogP contribution in [0.3, 0.4) is 0 Å². The van der Waals surface area contributed by atoms with Crippen LogP contribution in [-0.4, -0.2) is 14.6 Å². The van der Waals surface area contributed by atoms with Gasteiger partial charge in [-0.1, -0.05) is 11.6 Å². The van der Waals surface area contributed by atoms with Gasteiger partial charge < -0.3 is 0 Å². The maximum atomic E-state index is 13.8. The zero-order chi connectivity index (χ0) is 13.4. The van der Waals surface area contributed by atoms with Gasteiger partial charge in [0.1, 0.15) is 5.82 Å². The molecule has 0 atom stereocenters. The third-order valence-corrected chi connectivity index (χ3v) is 2.94. The van der Waals surface area contributed by atoms with E-state index in [4.69, 9.17) is 16.9 Å². The van der Waals surface area contributed by atoms with E-state index in [-0.39, 0.29) is 5.56 Å². The monoisotopic (exact) mass is 272 g/mol. The number of hydrogen-bond donors (Lipinski definition) is 0. The standard InChI is InChI=1S/C13H6ClFN4/c14-9-1-2-11(15)10(6-9)13-18-17-12-5-8(7-16)3-4-19(12)13/h1-6H. The fourth-order valence-electron chi connectivity index (χ4n) is 1.81. The van der Waals surface area contributed by atoms with E-state index in [0.717, 1.165) is 0 Å². The van der Waals surface area contributed by atoms with E-state index >= 15 is 0 Å². The lowest BCUT2D eigenvalue weighted by molar-refractivity contribution is 0.629. The van der Waals surface area contributed by atoms with Gasteiger partial charge in [-0.15, -0.1) is 10.2 Å². The molecule has 0 unspecified atom stereocenters. The number of rotatable bonds is 1. The first kappa shape index (κ1) is 11.6. The molecule has 0 aliphatic rings. The minimum atomic E-state index is -0.428. The molecule has 0 aliphatic heterocycles. The molecule has 0 amide bonds. The second kappa shape index (κ2) is 4.34. The summed E-state index contributed by atoms with van der Waals surface area (Å²) in [6.07, 6.45) is 1.63. The molecule has 0 fully saturated rings. The summed E-state index contributed by atoms with van der Waals surface area (Å²) in [5, 5.41) is 17.1. The van der Waals surface area contributed by atoms with Gasteiger partial charge in [0.15, 0.2) is 11.5 Å². The summed E-state index contributed by atoms with van der Waals surface area (Å²) in [4.78, 5) is 0. The van der Waals surface area contributed by atoms with Crippen molar-refractivity contribution in [2.24, 2.45) is 0 Å². The van der Waals surface area contributed by atoms with Gasteiger partial charge in [0, 0.05) is 17.3 Å². The van der Waals surface area contributed by atoms with Crippen molar-refractivity contribution < 1.29 is 4.39 Å². The van der Waals surface area contributed by atoms with E-state index in [2.05, 4.69) is 10.2 Å². The third kappa shape index (κ3) is 1.92. The number of aromatic nitrogens is 3. The van der Waals surface area contributed by atoms with Gasteiger partial charge in [-0.2, -0.15) is 5.26 Å². The number of hydrogen-bond acceptors (Lipinski definition) is 3. The maximum absolute atomic E-state index is 13.8. The van der Waals surface area contributed by atoms with Crippen LogP contribution in [0.5, 0.6) is 0 Å². The van der Waals surface area contributed by atoms with Crippen molar-refractivity contribution in [1.29, 1.82) is 5.26 Å². The average molecular weight is 273 g/mol. The Bertz CT molecular complexity index is 819. The summed E-state index contributed by atoms with van der Waals surface area (Å²) >= 11 is 5.87. The Labute approximate surface area is 112 Å². The lowest BCUT2D eigenvalue weighted by Gasteiger charge is -2.02. The summed E-state index contributed by atoms with van der Waals surface area (Å²) in [6.45, 7) is 0. The van der Waals surface area contributed by atoms with Crippen molar-refractivity contribution in [1.82, 2.24) is 14.6 Å². The summed E-state index contributed by atoms with van der Waals surface area (Å²) in [7, 11) is 0. The van der Waals surface area contributed by atoms with Gasteiger partial charge in [-0.25, -0.2) is 4.39 Å². The van der Waals surface area contributed by atoms with Gasteiger partial charge in [0.25, 0.3) is 0 Å². The lowest BCUT2D eigenvalue weighted by atomic mass is 10.2. The molecule has 0 N–H and O–H groups in total. The second-order valence-corrected chi connectivity index (χ2v) is 4.34. The van der Waals surface area contributed by atoms with E-state index in [1.54, 1.807) is 22.7 Å². The predicted octanol–water partition coefficient (Wildman–Crippen LogP) is 3.06. The Kier molecular flexibility index (Phi) is 2.65. The van der Waals surface area contributed by atoms with Crippen molar-refractivity contribution in [2.45, 2.75) is 0 Å². The minimum absolute atomic E-state index is 0.268. The summed E-state index contributed by atoms with van der Waals surface area (Å²) in [6, 6.07) is 9.45. The molecule has 0 aliphatic carbocycles. The normalized spacial score (nSPS) is 10.6. The van der Waals surface area contributed by atoms with Crippen LogP contribution in [-0.2, 0) is 0 Å². The summed E-state index contributed by atoms with van der Waals surface area (Å²) in [5.74, 6) is -0.0810. The molecule has 0 bridgehead atoms. The maximum Gasteiger partial charge on any atom is 0.171 e. The van der Waals surface area contributed by atoms with Crippen molar-refractivity contribution in [3.05, 3.63) is 52.9 Å². The summed E-state index contributed by atoms with van der Waals surface area (Å²) < 4.78 is 15.4. The molecule has 6 heteroatoms. The van der Waals surface area contributed by atoms with Crippen molar-refractivity contribution in [2.75, 3.05) is 0 Å². The smallest absolute Gasteiger partial charge is 0.171 e. The molecule has 0 saturated carbocycles. The number of fused-ring (bicyclic) bond motifs is 1. The molecule has 2 aromatic heterocycles. The topological polar surface area (TPSA) is 54.0 Å². The largest absolute Gasteiger partial charge is 0.282 e. The SMILES string of the molecule is N#Cc1ccn2c(-c3cc(Cl)ccc3F)nnc2c1. The van der Waals surface area contributed by atoms with E-state index in [1.807, 2.05) is 6.07 Å². The number of benzene rings is 1. The van der Waals surface area contributed by atoms with Gasteiger partial charge in [0.2, 0.25) is 0 Å². The molecule has 19 heavy (non-hydrogen) atoms. The van der Waals surface area contributed by atoms with E-state index in [0.29, 0.717) is 22.1 Å². The predicted molar refractivity (Wildman–Crippen MR) is 68.1 cm³/mol. The highest BCUT2D eigenvalue weighted by Crippen LogP contribution is 2.25. The summed E-state index contributed by atoms with van der Waals surface area (Å²) in [5.41, 5.74) is 1.22. The van der Waals surface area contributed by atoms with Gasteiger partial charge in [-0.3, -0.25) is 4.40 Å². The Morgan fingerprint density at radius 3 is 2.84 bits per heavy atom. The average Bonchev–Trinajstić information content (AvgIpc) is 2.84. The first-order chi connectivity index (χ1) is 9.19. The van der Waals surface area contributed by atoms with Crippen LogP contribution in [0, 0.1) is 17.1 Å².